The Hall–Kier alpha value is -3.30. The van der Waals surface area contributed by atoms with Crippen LogP contribution in [0.2, 0.25) is 0 Å². The number of hydrogen-bond donors (Lipinski definition) is 1. The van der Waals surface area contributed by atoms with E-state index in [0.29, 0.717) is 6.54 Å². The molecule has 2 N–H and O–H groups in total. The fourth-order valence-corrected chi connectivity index (χ4v) is 6.12. The van der Waals surface area contributed by atoms with Crippen molar-refractivity contribution < 1.29 is 4.39 Å². The van der Waals surface area contributed by atoms with Crippen molar-refractivity contribution >= 4 is 17.3 Å². The van der Waals surface area contributed by atoms with Crippen LogP contribution < -0.4 is 15.5 Å². The van der Waals surface area contributed by atoms with Gasteiger partial charge in [0.1, 0.15) is 23.2 Å². The number of fused-ring (bicyclic) bond motifs is 1. The first-order chi connectivity index (χ1) is 18.0. The Kier molecular flexibility index (Phi) is 6.42. The Morgan fingerprint density at radius 1 is 1.08 bits per heavy atom. The normalized spacial score (nSPS) is 24.7. The van der Waals surface area contributed by atoms with Crippen LogP contribution in [0.15, 0.2) is 60.6 Å². The molecule has 0 spiro atoms. The molecule has 0 amide bonds. The summed E-state index contributed by atoms with van der Waals surface area (Å²) in [5.74, 6) is 1.72. The zero-order valence-electron chi connectivity index (χ0n) is 21.4. The van der Waals surface area contributed by atoms with E-state index in [2.05, 4.69) is 38.7 Å². The fourth-order valence-electron chi connectivity index (χ4n) is 6.12. The van der Waals surface area contributed by atoms with Crippen LogP contribution >= 0.6 is 0 Å². The number of nitrogens with two attached hydrogens (primary N) is 1. The number of hydrogen-bond acceptors (Lipinski definition) is 7. The smallest absolute Gasteiger partial charge is 0.154 e. The lowest BCUT2D eigenvalue weighted by molar-refractivity contribution is 0.264. The van der Waals surface area contributed by atoms with Crippen LogP contribution in [-0.2, 0) is 0 Å². The van der Waals surface area contributed by atoms with Gasteiger partial charge in [-0.05, 0) is 55.7 Å². The summed E-state index contributed by atoms with van der Waals surface area (Å²) in [6.07, 6.45) is 10.1. The van der Waals surface area contributed by atoms with Gasteiger partial charge < -0.3 is 15.5 Å². The summed E-state index contributed by atoms with van der Waals surface area (Å²) in [4.78, 5) is 16.7. The molecule has 2 fully saturated rings. The second-order valence-electron chi connectivity index (χ2n) is 10.6. The number of imidazole rings is 1. The first kappa shape index (κ1) is 24.1. The molecule has 8 nitrogen and oxygen atoms in total. The highest BCUT2D eigenvalue weighted by molar-refractivity contribution is 5.62. The van der Waals surface area contributed by atoms with E-state index in [9.17, 15) is 4.39 Å². The molecule has 0 bridgehead atoms. The SMILES string of the molecule is CC1([C@H]2CCCN2c2ccc3ncc(-c4cccc(N5CCN(CCN)CC5)n4)n3n2)C=C(F)C=CC1. The monoisotopic (exact) mass is 502 g/mol. The molecule has 0 saturated carbocycles. The van der Waals surface area contributed by atoms with Crippen LogP contribution in [0, 0.1) is 5.41 Å². The van der Waals surface area contributed by atoms with Gasteiger partial charge in [-0.25, -0.2) is 18.9 Å². The molecule has 3 aliphatic rings. The topological polar surface area (TPSA) is 78.8 Å². The highest BCUT2D eigenvalue weighted by Gasteiger charge is 2.40. The number of pyridine rings is 1. The average Bonchev–Trinajstić information content (AvgIpc) is 3.57. The van der Waals surface area contributed by atoms with E-state index in [1.165, 1.54) is 0 Å². The summed E-state index contributed by atoms with van der Waals surface area (Å²) in [7, 11) is 0. The molecule has 2 aliphatic heterocycles. The molecule has 2 saturated heterocycles. The van der Waals surface area contributed by atoms with E-state index >= 15 is 0 Å². The van der Waals surface area contributed by atoms with Crippen molar-refractivity contribution in [3.05, 3.63) is 60.6 Å². The Balaban J connectivity index is 1.28. The van der Waals surface area contributed by atoms with Gasteiger partial charge in [0.25, 0.3) is 0 Å². The third-order valence-corrected chi connectivity index (χ3v) is 8.10. The van der Waals surface area contributed by atoms with E-state index in [4.69, 9.17) is 15.8 Å². The van der Waals surface area contributed by atoms with Gasteiger partial charge in [-0.2, -0.15) is 0 Å². The molecule has 0 aromatic carbocycles. The number of rotatable bonds is 6. The van der Waals surface area contributed by atoms with Crippen LogP contribution in [0.3, 0.4) is 0 Å². The highest BCUT2D eigenvalue weighted by atomic mass is 19.1. The van der Waals surface area contributed by atoms with Crippen molar-refractivity contribution in [3.63, 3.8) is 0 Å². The zero-order valence-corrected chi connectivity index (χ0v) is 21.4. The summed E-state index contributed by atoms with van der Waals surface area (Å²) >= 11 is 0. The summed E-state index contributed by atoms with van der Waals surface area (Å²) < 4.78 is 16.1. The van der Waals surface area contributed by atoms with Crippen LogP contribution in [0.4, 0.5) is 16.0 Å². The highest BCUT2D eigenvalue weighted by Crippen LogP contribution is 2.42. The molecular formula is C28H35FN8. The van der Waals surface area contributed by atoms with Crippen molar-refractivity contribution in [1.29, 1.82) is 0 Å². The minimum atomic E-state index is -0.256. The van der Waals surface area contributed by atoms with Crippen LogP contribution in [0.5, 0.6) is 0 Å². The quantitative estimate of drug-likeness (QED) is 0.551. The summed E-state index contributed by atoms with van der Waals surface area (Å²) in [6.45, 7) is 8.56. The molecule has 1 unspecified atom stereocenters. The second kappa shape index (κ2) is 9.87. The number of halogens is 1. The second-order valence-corrected chi connectivity index (χ2v) is 10.6. The maximum atomic E-state index is 14.2. The van der Waals surface area contributed by atoms with Gasteiger partial charge >= 0.3 is 0 Å². The molecule has 1 aliphatic carbocycles. The van der Waals surface area contributed by atoms with E-state index in [1.807, 2.05) is 35.0 Å². The van der Waals surface area contributed by atoms with Gasteiger partial charge in [0.2, 0.25) is 0 Å². The van der Waals surface area contributed by atoms with Crippen molar-refractivity contribution in [2.75, 3.05) is 55.6 Å². The van der Waals surface area contributed by atoms with Crippen molar-refractivity contribution in [2.24, 2.45) is 11.1 Å². The number of aromatic nitrogens is 4. The maximum absolute atomic E-state index is 14.2. The van der Waals surface area contributed by atoms with E-state index in [0.717, 1.165) is 87.2 Å². The van der Waals surface area contributed by atoms with Crippen LogP contribution in [0.25, 0.3) is 17.0 Å². The molecule has 6 rings (SSSR count). The van der Waals surface area contributed by atoms with E-state index in [1.54, 1.807) is 12.2 Å². The number of allylic oxidation sites excluding steroid dienone is 3. The molecule has 3 aromatic rings. The Bertz CT molecular complexity index is 1320. The first-order valence-electron chi connectivity index (χ1n) is 13.4. The molecule has 37 heavy (non-hydrogen) atoms. The third-order valence-electron chi connectivity index (χ3n) is 8.10. The van der Waals surface area contributed by atoms with Crippen molar-refractivity contribution in [2.45, 2.75) is 32.2 Å². The summed E-state index contributed by atoms with van der Waals surface area (Å²) in [5.41, 5.74) is 7.98. The van der Waals surface area contributed by atoms with Crippen LogP contribution in [0.1, 0.15) is 26.2 Å². The average molecular weight is 503 g/mol. The number of piperazine rings is 1. The first-order valence-corrected chi connectivity index (χ1v) is 13.4. The molecule has 9 heteroatoms. The predicted molar refractivity (Wildman–Crippen MR) is 145 cm³/mol. The standard InChI is InChI=1S/C28H35FN8/c1-28(11-3-5-21(29)19-28)24-7-4-13-36(24)27-10-9-25-31-20-23(37(25)33-27)22-6-2-8-26(32-22)35-17-15-34(14-12-30)16-18-35/h2-3,5-6,8-10,19-20,24H,4,7,11-18,30H2,1H3/t24-,28?/m1/s1. The van der Waals surface area contributed by atoms with Gasteiger partial charge in [0.15, 0.2) is 5.65 Å². The van der Waals surface area contributed by atoms with Gasteiger partial charge in [0.05, 0.1) is 11.9 Å². The lowest BCUT2D eigenvalue weighted by Gasteiger charge is -2.39. The Labute approximate surface area is 217 Å². The third kappa shape index (κ3) is 4.62. The molecule has 194 valence electrons. The van der Waals surface area contributed by atoms with Gasteiger partial charge in [-0.1, -0.05) is 19.1 Å². The van der Waals surface area contributed by atoms with Gasteiger partial charge in [-0.3, -0.25) is 4.90 Å². The zero-order chi connectivity index (χ0) is 25.4. The molecule has 5 heterocycles. The summed E-state index contributed by atoms with van der Waals surface area (Å²) in [6, 6.07) is 10.4. The van der Waals surface area contributed by atoms with Gasteiger partial charge in [0, 0.05) is 57.3 Å². The maximum Gasteiger partial charge on any atom is 0.154 e. The molecule has 3 aromatic heterocycles. The summed E-state index contributed by atoms with van der Waals surface area (Å²) in [5, 5.41) is 5.04. The minimum absolute atomic E-state index is 0.146. The Morgan fingerprint density at radius 3 is 2.76 bits per heavy atom. The predicted octanol–water partition coefficient (Wildman–Crippen LogP) is 3.66. The fraction of sp³-hybridized carbons (Fsp3) is 0.464. The van der Waals surface area contributed by atoms with E-state index < -0.39 is 0 Å². The Morgan fingerprint density at radius 2 is 1.95 bits per heavy atom. The number of nitrogens with zero attached hydrogens (tertiary/aromatic N) is 7. The molecular weight excluding hydrogens is 467 g/mol. The number of anilines is 2. The lowest BCUT2D eigenvalue weighted by atomic mass is 9.75. The molecule has 2 atom stereocenters. The van der Waals surface area contributed by atoms with Crippen molar-refractivity contribution in [3.8, 4) is 11.4 Å². The largest absolute Gasteiger partial charge is 0.354 e. The van der Waals surface area contributed by atoms with Gasteiger partial charge in [-0.15, -0.1) is 5.10 Å². The van der Waals surface area contributed by atoms with Crippen molar-refractivity contribution in [1.82, 2.24) is 24.5 Å². The van der Waals surface area contributed by atoms with Crippen LogP contribution in [-0.4, -0.2) is 76.3 Å². The lowest BCUT2D eigenvalue weighted by Crippen LogP contribution is -2.48. The van der Waals surface area contributed by atoms with E-state index in [-0.39, 0.29) is 17.3 Å². The molecule has 0 radical (unpaired) electrons. The minimum Gasteiger partial charge on any atom is -0.354 e.